The van der Waals surface area contributed by atoms with Gasteiger partial charge in [-0.05, 0) is 30.5 Å². The summed E-state index contributed by atoms with van der Waals surface area (Å²) in [6, 6.07) is 5.35. The molecule has 0 saturated carbocycles. The summed E-state index contributed by atoms with van der Waals surface area (Å²) in [6.45, 7) is 5.39. The summed E-state index contributed by atoms with van der Waals surface area (Å²) in [4.78, 5) is 11.5. The van der Waals surface area contributed by atoms with Crippen LogP contribution < -0.4 is 16.4 Å². The first-order valence-electron chi connectivity index (χ1n) is 6.90. The van der Waals surface area contributed by atoms with E-state index in [1.807, 2.05) is 6.07 Å². The Hall–Kier alpha value is -1.71. The van der Waals surface area contributed by atoms with Gasteiger partial charge in [0.15, 0.2) is 0 Å². The fourth-order valence-electron chi connectivity index (χ4n) is 1.91. The van der Waals surface area contributed by atoms with E-state index in [2.05, 4.69) is 24.5 Å². The number of carbonyl (C=O) groups excluding carboxylic acids is 1. The predicted octanol–water partition coefficient (Wildman–Crippen LogP) is 2.87. The number of hydrogen-bond acceptors (Lipinski definition) is 3. The molecule has 0 fully saturated rings. The normalized spacial score (nSPS) is 10.5. The Kier molecular flexibility index (Phi) is 6.19. The number of amides is 1. The molecule has 4 N–H and O–H groups in total. The third kappa shape index (κ3) is 5.20. The van der Waals surface area contributed by atoms with Crippen LogP contribution in [0, 0.1) is 5.92 Å². The summed E-state index contributed by atoms with van der Waals surface area (Å²) in [5, 5.41) is 5.90. The number of rotatable bonds is 7. The van der Waals surface area contributed by atoms with Crippen molar-refractivity contribution in [3.8, 4) is 0 Å². The first-order valence-corrected chi connectivity index (χ1v) is 6.90. The van der Waals surface area contributed by atoms with Crippen LogP contribution in [0.3, 0.4) is 0 Å². The van der Waals surface area contributed by atoms with E-state index >= 15 is 0 Å². The van der Waals surface area contributed by atoms with E-state index in [0.717, 1.165) is 24.6 Å². The van der Waals surface area contributed by atoms with Gasteiger partial charge in [-0.25, -0.2) is 0 Å². The monoisotopic (exact) mass is 263 g/mol. The molecular weight excluding hydrogens is 238 g/mol. The van der Waals surface area contributed by atoms with Crippen LogP contribution in [0.25, 0.3) is 0 Å². The lowest BCUT2D eigenvalue weighted by Crippen LogP contribution is -2.18. The summed E-state index contributed by atoms with van der Waals surface area (Å²) in [6.07, 6.45) is 3.61. The van der Waals surface area contributed by atoms with Crippen LogP contribution in [0.5, 0.6) is 0 Å². The molecule has 4 heteroatoms. The number of nitrogen functional groups attached to an aromatic ring is 1. The maximum absolute atomic E-state index is 11.5. The van der Waals surface area contributed by atoms with Crippen molar-refractivity contribution in [3.63, 3.8) is 0 Å². The quantitative estimate of drug-likeness (QED) is 0.523. The van der Waals surface area contributed by atoms with Crippen molar-refractivity contribution >= 4 is 17.3 Å². The average Bonchev–Trinajstić information content (AvgIpc) is 2.38. The molecular formula is C15H25N3O. The second-order valence-corrected chi connectivity index (χ2v) is 5.20. The molecule has 0 saturated heterocycles. The largest absolute Gasteiger partial charge is 0.397 e. The summed E-state index contributed by atoms with van der Waals surface area (Å²) in [5.41, 5.74) is 8.04. The zero-order chi connectivity index (χ0) is 14.3. The van der Waals surface area contributed by atoms with Gasteiger partial charge in [0.2, 0.25) is 0 Å². The van der Waals surface area contributed by atoms with Crippen molar-refractivity contribution in [2.24, 2.45) is 5.92 Å². The molecule has 0 aromatic heterocycles. The highest BCUT2D eigenvalue weighted by molar-refractivity contribution is 5.95. The molecule has 0 spiro atoms. The molecule has 0 aliphatic carbocycles. The first-order chi connectivity index (χ1) is 9.04. The van der Waals surface area contributed by atoms with Crippen LogP contribution in [0.1, 0.15) is 43.5 Å². The van der Waals surface area contributed by atoms with Crippen LogP contribution in [0.2, 0.25) is 0 Å². The maximum atomic E-state index is 11.5. The van der Waals surface area contributed by atoms with E-state index in [0.29, 0.717) is 11.3 Å². The topological polar surface area (TPSA) is 67.2 Å². The molecule has 19 heavy (non-hydrogen) atoms. The molecule has 0 bridgehead atoms. The van der Waals surface area contributed by atoms with Gasteiger partial charge < -0.3 is 16.4 Å². The first kappa shape index (κ1) is 15.3. The number of anilines is 2. The lowest BCUT2D eigenvalue weighted by atomic mass is 10.1. The molecule has 4 nitrogen and oxygen atoms in total. The Morgan fingerprint density at radius 3 is 2.63 bits per heavy atom. The van der Waals surface area contributed by atoms with Gasteiger partial charge in [0.05, 0.1) is 11.4 Å². The van der Waals surface area contributed by atoms with Gasteiger partial charge in [-0.3, -0.25) is 4.79 Å². The van der Waals surface area contributed by atoms with Crippen molar-refractivity contribution in [1.82, 2.24) is 5.32 Å². The third-order valence-electron chi connectivity index (χ3n) is 3.06. The smallest absolute Gasteiger partial charge is 0.251 e. The van der Waals surface area contributed by atoms with Crippen molar-refractivity contribution in [2.75, 3.05) is 24.6 Å². The van der Waals surface area contributed by atoms with Crippen LogP contribution in [-0.4, -0.2) is 19.5 Å². The molecule has 1 aromatic carbocycles. The van der Waals surface area contributed by atoms with Crippen LogP contribution in [0.4, 0.5) is 11.4 Å². The molecule has 0 heterocycles. The van der Waals surface area contributed by atoms with Gasteiger partial charge in [-0.2, -0.15) is 0 Å². The molecule has 0 radical (unpaired) electrons. The number of benzene rings is 1. The van der Waals surface area contributed by atoms with Gasteiger partial charge in [0, 0.05) is 19.2 Å². The lowest BCUT2D eigenvalue weighted by Gasteiger charge is -2.11. The number of nitrogens with one attached hydrogen (secondary N) is 2. The minimum Gasteiger partial charge on any atom is -0.397 e. The molecule has 1 amide bonds. The van der Waals surface area contributed by atoms with Gasteiger partial charge in [0.25, 0.3) is 5.91 Å². The van der Waals surface area contributed by atoms with Crippen LogP contribution >= 0.6 is 0 Å². The number of carbonyl (C=O) groups is 1. The van der Waals surface area contributed by atoms with Gasteiger partial charge >= 0.3 is 0 Å². The van der Waals surface area contributed by atoms with Gasteiger partial charge in [-0.1, -0.05) is 26.7 Å². The highest BCUT2D eigenvalue weighted by Gasteiger charge is 2.06. The second kappa shape index (κ2) is 7.67. The zero-order valence-electron chi connectivity index (χ0n) is 12.1. The standard InChI is InChI=1S/C15H25N3O/c1-11(2)6-4-5-9-18-14-8-7-12(10-13(14)16)15(19)17-3/h7-8,10-11,18H,4-6,9,16H2,1-3H3,(H,17,19). The van der Waals surface area contributed by atoms with E-state index < -0.39 is 0 Å². The van der Waals surface area contributed by atoms with E-state index in [1.54, 1.807) is 19.2 Å². The van der Waals surface area contributed by atoms with Crippen molar-refractivity contribution in [3.05, 3.63) is 23.8 Å². The summed E-state index contributed by atoms with van der Waals surface area (Å²) in [7, 11) is 1.61. The fraction of sp³-hybridized carbons (Fsp3) is 0.533. The Labute approximate surface area is 115 Å². The van der Waals surface area contributed by atoms with Crippen molar-refractivity contribution < 1.29 is 4.79 Å². The van der Waals surface area contributed by atoms with Gasteiger partial charge in [0.1, 0.15) is 0 Å². The third-order valence-corrected chi connectivity index (χ3v) is 3.06. The van der Waals surface area contributed by atoms with Crippen molar-refractivity contribution in [2.45, 2.75) is 33.1 Å². The molecule has 0 unspecified atom stereocenters. The fourth-order valence-corrected chi connectivity index (χ4v) is 1.91. The highest BCUT2D eigenvalue weighted by Crippen LogP contribution is 2.20. The minimum absolute atomic E-state index is 0.116. The Morgan fingerprint density at radius 2 is 2.05 bits per heavy atom. The summed E-state index contributed by atoms with van der Waals surface area (Å²) >= 11 is 0. The SMILES string of the molecule is CNC(=O)c1ccc(NCCCCC(C)C)c(N)c1. The van der Waals surface area contributed by atoms with Gasteiger partial charge in [-0.15, -0.1) is 0 Å². The zero-order valence-corrected chi connectivity index (χ0v) is 12.1. The number of nitrogens with two attached hydrogens (primary N) is 1. The van der Waals surface area contributed by atoms with E-state index in [-0.39, 0.29) is 5.91 Å². The Balaban J connectivity index is 2.44. The van der Waals surface area contributed by atoms with E-state index in [1.165, 1.54) is 12.8 Å². The number of unbranched alkanes of at least 4 members (excludes halogenated alkanes) is 1. The molecule has 0 atom stereocenters. The van der Waals surface area contributed by atoms with Crippen LogP contribution in [-0.2, 0) is 0 Å². The van der Waals surface area contributed by atoms with Crippen LogP contribution in [0.15, 0.2) is 18.2 Å². The summed E-state index contributed by atoms with van der Waals surface area (Å²) < 4.78 is 0. The number of hydrogen-bond donors (Lipinski definition) is 3. The Morgan fingerprint density at radius 1 is 1.32 bits per heavy atom. The molecule has 0 aliphatic rings. The lowest BCUT2D eigenvalue weighted by molar-refractivity contribution is 0.0963. The average molecular weight is 263 g/mol. The van der Waals surface area contributed by atoms with E-state index in [9.17, 15) is 4.79 Å². The Bertz CT molecular complexity index is 416. The summed E-state index contributed by atoms with van der Waals surface area (Å²) in [5.74, 6) is 0.645. The maximum Gasteiger partial charge on any atom is 0.251 e. The molecule has 0 aliphatic heterocycles. The molecule has 1 aromatic rings. The van der Waals surface area contributed by atoms with Crippen molar-refractivity contribution in [1.29, 1.82) is 0 Å². The molecule has 1 rings (SSSR count). The highest BCUT2D eigenvalue weighted by atomic mass is 16.1. The second-order valence-electron chi connectivity index (χ2n) is 5.20. The predicted molar refractivity (Wildman–Crippen MR) is 81.4 cm³/mol. The molecule has 106 valence electrons. The van der Waals surface area contributed by atoms with E-state index in [4.69, 9.17) is 5.73 Å². The minimum atomic E-state index is -0.116.